The first-order valence-electron chi connectivity index (χ1n) is 12.2. The second-order valence-electron chi connectivity index (χ2n) is 11.6. The van der Waals surface area contributed by atoms with E-state index in [-0.39, 0.29) is 22.9 Å². The summed E-state index contributed by atoms with van der Waals surface area (Å²) < 4.78 is 59.0. The summed E-state index contributed by atoms with van der Waals surface area (Å²) in [5.41, 5.74) is 1.45. The second-order valence-corrected chi connectivity index (χ2v) is 13.7. The van der Waals surface area contributed by atoms with E-state index in [4.69, 9.17) is 4.78 Å². The van der Waals surface area contributed by atoms with Gasteiger partial charge in [-0.25, -0.2) is 23.4 Å². The predicted octanol–water partition coefficient (Wildman–Crippen LogP) is 4.04. The Kier molecular flexibility index (Phi) is 5.07. The number of rotatable bonds is 4. The molecule has 8 nitrogen and oxygen atoms in total. The second kappa shape index (κ2) is 7.69. The summed E-state index contributed by atoms with van der Waals surface area (Å²) in [5.74, 6) is -0.516. The zero-order valence-electron chi connectivity index (χ0n) is 20.0. The molecule has 2 saturated heterocycles. The van der Waals surface area contributed by atoms with Gasteiger partial charge in [0.2, 0.25) is 0 Å². The highest BCUT2D eigenvalue weighted by molar-refractivity contribution is 7.91. The van der Waals surface area contributed by atoms with Gasteiger partial charge in [-0.3, -0.25) is 0 Å². The van der Waals surface area contributed by atoms with E-state index in [0.717, 1.165) is 51.5 Å². The molecule has 4 aliphatic rings. The maximum absolute atomic E-state index is 12.9. The standard InChI is InChI=1S/C24H29F3N6O2S/c1-36(28,35)19-4-2-16(3-5-19)6-17-7-22(8-17)11-31(12-22)21(34)32-13-23(14-32)9-18(10-23)33-15-29-20(30-33)24(25,26)27/h2-5,15,17-18,28H,6-14H2,1H3. The number of halogens is 3. The molecule has 1 aromatic heterocycles. The van der Waals surface area contributed by atoms with E-state index in [1.54, 1.807) is 12.1 Å². The number of carbonyl (C=O) groups excluding carboxylic acids is 1. The molecule has 2 aliphatic heterocycles. The molecule has 6 rings (SSSR count). The van der Waals surface area contributed by atoms with E-state index in [1.165, 1.54) is 16.5 Å². The Balaban J connectivity index is 0.926. The molecular formula is C24H29F3N6O2S. The number of nitrogens with one attached hydrogen (secondary N) is 1. The molecule has 0 bridgehead atoms. The topological polar surface area (TPSA) is 95.2 Å². The van der Waals surface area contributed by atoms with Crippen molar-refractivity contribution in [2.75, 3.05) is 32.4 Å². The number of urea groups is 1. The maximum Gasteiger partial charge on any atom is 0.453 e. The summed E-state index contributed by atoms with van der Waals surface area (Å²) >= 11 is 0. The van der Waals surface area contributed by atoms with Crippen LogP contribution in [0.3, 0.4) is 0 Å². The van der Waals surface area contributed by atoms with Crippen LogP contribution in [0.15, 0.2) is 35.5 Å². The zero-order valence-corrected chi connectivity index (χ0v) is 20.8. The molecule has 12 heteroatoms. The summed E-state index contributed by atoms with van der Waals surface area (Å²) in [7, 11) is -2.68. The van der Waals surface area contributed by atoms with Crippen LogP contribution in [0.1, 0.15) is 43.1 Å². The molecule has 1 unspecified atom stereocenters. The molecule has 2 aliphatic carbocycles. The van der Waals surface area contributed by atoms with E-state index in [1.807, 2.05) is 21.9 Å². The Morgan fingerprint density at radius 2 is 1.61 bits per heavy atom. The molecule has 2 saturated carbocycles. The van der Waals surface area contributed by atoms with Crippen LogP contribution in [0.25, 0.3) is 0 Å². The molecule has 194 valence electrons. The number of nitrogens with zero attached hydrogens (tertiary/aromatic N) is 5. The van der Waals surface area contributed by atoms with E-state index >= 15 is 0 Å². The number of hydrogen-bond donors (Lipinski definition) is 1. The molecule has 1 aromatic carbocycles. The van der Waals surface area contributed by atoms with Crippen LogP contribution in [0.4, 0.5) is 18.0 Å². The van der Waals surface area contributed by atoms with Crippen molar-refractivity contribution in [3.05, 3.63) is 42.0 Å². The number of hydrogen-bond acceptors (Lipinski definition) is 5. The molecule has 2 amide bonds. The van der Waals surface area contributed by atoms with Crippen LogP contribution in [-0.2, 0) is 22.3 Å². The number of amides is 2. The maximum atomic E-state index is 12.9. The van der Waals surface area contributed by atoms with Crippen LogP contribution in [0, 0.1) is 21.5 Å². The third kappa shape index (κ3) is 4.06. The van der Waals surface area contributed by atoms with Gasteiger partial charge in [-0.1, -0.05) is 12.1 Å². The average Bonchev–Trinajstić information content (AvgIpc) is 3.16. The summed E-state index contributed by atoms with van der Waals surface area (Å²) in [6.07, 6.45) is 2.67. The molecule has 2 spiro atoms. The first-order valence-corrected chi connectivity index (χ1v) is 14.1. The lowest BCUT2D eigenvalue weighted by Gasteiger charge is -2.63. The van der Waals surface area contributed by atoms with E-state index in [9.17, 15) is 22.2 Å². The largest absolute Gasteiger partial charge is 0.453 e. The van der Waals surface area contributed by atoms with Crippen molar-refractivity contribution in [3.63, 3.8) is 0 Å². The smallest absolute Gasteiger partial charge is 0.323 e. The minimum Gasteiger partial charge on any atom is -0.323 e. The van der Waals surface area contributed by atoms with Crippen LogP contribution in [-0.4, -0.2) is 67.2 Å². The minimum atomic E-state index is -4.53. The Bertz CT molecular complexity index is 1280. The van der Waals surface area contributed by atoms with Crippen molar-refractivity contribution in [2.24, 2.45) is 16.7 Å². The fourth-order valence-electron chi connectivity index (χ4n) is 6.75. The fourth-order valence-corrected chi connectivity index (χ4v) is 7.40. The van der Waals surface area contributed by atoms with Gasteiger partial charge in [0.05, 0.1) is 15.8 Å². The molecule has 4 fully saturated rings. The van der Waals surface area contributed by atoms with Gasteiger partial charge in [-0.2, -0.15) is 13.2 Å². The number of likely N-dealkylation sites (tertiary alicyclic amines) is 2. The monoisotopic (exact) mass is 522 g/mol. The Morgan fingerprint density at radius 1 is 1.06 bits per heavy atom. The van der Waals surface area contributed by atoms with Gasteiger partial charge in [-0.15, -0.1) is 5.10 Å². The molecule has 0 radical (unpaired) electrons. The summed E-state index contributed by atoms with van der Waals surface area (Å²) in [6.45, 7) is 2.91. The van der Waals surface area contributed by atoms with Crippen molar-refractivity contribution in [2.45, 2.75) is 49.2 Å². The van der Waals surface area contributed by atoms with Gasteiger partial charge in [-0.05, 0) is 55.7 Å². The first-order chi connectivity index (χ1) is 16.8. The lowest BCUT2D eigenvalue weighted by Crippen LogP contribution is -2.71. The summed E-state index contributed by atoms with van der Waals surface area (Å²) in [6, 6.07) is 7.51. The number of alkyl halides is 3. The van der Waals surface area contributed by atoms with Crippen molar-refractivity contribution in [3.8, 4) is 0 Å². The highest BCUT2D eigenvalue weighted by Crippen LogP contribution is 2.56. The highest BCUT2D eigenvalue weighted by Gasteiger charge is 2.58. The number of benzene rings is 1. The van der Waals surface area contributed by atoms with E-state index in [0.29, 0.717) is 23.9 Å². The van der Waals surface area contributed by atoms with Gasteiger partial charge in [0.15, 0.2) is 0 Å². The molecule has 3 heterocycles. The van der Waals surface area contributed by atoms with Crippen molar-refractivity contribution in [1.29, 1.82) is 4.78 Å². The van der Waals surface area contributed by atoms with Crippen LogP contribution in [0.5, 0.6) is 0 Å². The molecule has 2 aromatic rings. The third-order valence-electron chi connectivity index (χ3n) is 8.46. The molecular weight excluding hydrogens is 493 g/mol. The lowest BCUT2D eigenvalue weighted by molar-refractivity contribution is -0.145. The SMILES string of the molecule is CS(=N)(=O)c1ccc(CC2CC3(C2)CN(C(=O)N2CC4(CC(n5cnc(C(F)(F)F)n5)C4)C2)C3)cc1. The van der Waals surface area contributed by atoms with Gasteiger partial charge in [0, 0.05) is 48.2 Å². The average molecular weight is 523 g/mol. The Morgan fingerprint density at radius 3 is 2.11 bits per heavy atom. The van der Waals surface area contributed by atoms with Gasteiger partial charge in [0.25, 0.3) is 5.82 Å². The van der Waals surface area contributed by atoms with Crippen LogP contribution in [0.2, 0.25) is 0 Å². The van der Waals surface area contributed by atoms with Crippen molar-refractivity contribution in [1.82, 2.24) is 24.6 Å². The summed E-state index contributed by atoms with van der Waals surface area (Å²) in [4.78, 5) is 20.6. The lowest BCUT2D eigenvalue weighted by atomic mass is 9.56. The van der Waals surface area contributed by atoms with Crippen molar-refractivity contribution >= 4 is 15.8 Å². The van der Waals surface area contributed by atoms with E-state index in [2.05, 4.69) is 10.1 Å². The Labute approximate surface area is 207 Å². The Hall–Kier alpha value is -2.63. The summed E-state index contributed by atoms with van der Waals surface area (Å²) in [5, 5.41) is 3.58. The molecule has 1 N–H and O–H groups in total. The van der Waals surface area contributed by atoms with Gasteiger partial charge in [0.1, 0.15) is 6.33 Å². The molecule has 36 heavy (non-hydrogen) atoms. The number of carbonyl (C=O) groups is 1. The first kappa shape index (κ1) is 23.7. The molecule has 1 atom stereocenters. The van der Waals surface area contributed by atoms with E-state index < -0.39 is 21.7 Å². The van der Waals surface area contributed by atoms with Crippen molar-refractivity contribution < 1.29 is 22.2 Å². The van der Waals surface area contributed by atoms with Gasteiger partial charge >= 0.3 is 12.2 Å². The predicted molar refractivity (Wildman–Crippen MR) is 125 cm³/mol. The highest BCUT2D eigenvalue weighted by atomic mass is 32.2. The minimum absolute atomic E-state index is 0.00925. The van der Waals surface area contributed by atoms with Gasteiger partial charge < -0.3 is 9.80 Å². The fraction of sp³-hybridized carbons (Fsp3) is 0.625. The number of aromatic nitrogens is 3. The quantitative estimate of drug-likeness (QED) is 0.656. The third-order valence-corrected chi connectivity index (χ3v) is 9.63. The van der Waals surface area contributed by atoms with Crippen LogP contribution < -0.4 is 0 Å². The normalized spacial score (nSPS) is 24.6. The van der Waals surface area contributed by atoms with Crippen LogP contribution >= 0.6 is 0 Å². The zero-order chi connectivity index (χ0) is 25.5.